The number of hydrogen-bond acceptors (Lipinski definition) is 7. The van der Waals surface area contributed by atoms with Crippen LogP contribution in [0.25, 0.3) is 5.76 Å². The predicted octanol–water partition coefficient (Wildman–Crippen LogP) is 4.04. The highest BCUT2D eigenvalue weighted by Crippen LogP contribution is 2.44. The van der Waals surface area contributed by atoms with Gasteiger partial charge in [-0.3, -0.25) is 14.6 Å². The maximum Gasteiger partial charge on any atom is 0.295 e. The number of rotatable bonds is 7. The van der Waals surface area contributed by atoms with Crippen molar-refractivity contribution in [3.63, 3.8) is 0 Å². The van der Waals surface area contributed by atoms with Crippen LogP contribution in [0.15, 0.2) is 66.5 Å². The molecule has 1 amide bonds. The Morgan fingerprint density at radius 3 is 2.37 bits per heavy atom. The smallest absolute Gasteiger partial charge is 0.295 e. The molecule has 35 heavy (non-hydrogen) atoms. The van der Waals surface area contributed by atoms with Gasteiger partial charge in [-0.05, 0) is 60.5 Å². The van der Waals surface area contributed by atoms with Gasteiger partial charge in [-0.2, -0.15) is 0 Å². The highest BCUT2D eigenvalue weighted by molar-refractivity contribution is 6.46. The number of likely N-dealkylation sites (tertiary alicyclic amines) is 1. The zero-order valence-corrected chi connectivity index (χ0v) is 19.9. The van der Waals surface area contributed by atoms with E-state index in [-0.39, 0.29) is 17.9 Å². The van der Waals surface area contributed by atoms with E-state index in [1.165, 1.54) is 19.1 Å². The van der Waals surface area contributed by atoms with Crippen LogP contribution in [0.4, 0.5) is 0 Å². The summed E-state index contributed by atoms with van der Waals surface area (Å²) < 4.78 is 16.3. The van der Waals surface area contributed by atoms with Gasteiger partial charge in [-0.1, -0.05) is 6.07 Å². The summed E-state index contributed by atoms with van der Waals surface area (Å²) in [5.41, 5.74) is 2.39. The van der Waals surface area contributed by atoms with Crippen molar-refractivity contribution in [3.05, 3.63) is 88.8 Å². The van der Waals surface area contributed by atoms with E-state index in [0.717, 1.165) is 11.1 Å². The van der Waals surface area contributed by atoms with Gasteiger partial charge in [0.2, 0.25) is 0 Å². The molecule has 2 heterocycles. The molecule has 1 atom stereocenters. The molecular weight excluding hydrogens is 448 g/mol. The maximum absolute atomic E-state index is 13.3. The summed E-state index contributed by atoms with van der Waals surface area (Å²) in [6, 6.07) is 12.9. The molecule has 8 nitrogen and oxygen atoms in total. The minimum absolute atomic E-state index is 0.0324. The Labute approximate surface area is 203 Å². The van der Waals surface area contributed by atoms with E-state index in [2.05, 4.69) is 4.98 Å². The molecule has 0 radical (unpaired) electrons. The summed E-state index contributed by atoms with van der Waals surface area (Å²) in [6.45, 7) is 1.95. The summed E-state index contributed by atoms with van der Waals surface area (Å²) in [4.78, 5) is 32.2. The zero-order chi connectivity index (χ0) is 25.1. The number of aliphatic hydroxyl groups is 1. The molecular formula is C27H26N2O6. The van der Waals surface area contributed by atoms with Crippen LogP contribution in [0.1, 0.15) is 28.3 Å². The van der Waals surface area contributed by atoms with Crippen LogP contribution < -0.4 is 14.2 Å². The molecule has 0 spiro atoms. The first-order valence-corrected chi connectivity index (χ1v) is 10.9. The standard InChI is InChI=1S/C27H26N2O6/c1-16-12-18(7-9-21(16)34-3)25(30)23-24(20-13-19(33-2)8-10-22(20)35-4)29(27(32)26(23)31)15-17-6-5-11-28-14-17/h5-14,24,30H,15H2,1-4H3/t24-/m0/s1. The first kappa shape index (κ1) is 23.8. The third-order valence-electron chi connectivity index (χ3n) is 6.02. The van der Waals surface area contributed by atoms with Gasteiger partial charge in [-0.25, -0.2) is 0 Å². The van der Waals surface area contributed by atoms with E-state index in [4.69, 9.17) is 14.2 Å². The van der Waals surface area contributed by atoms with E-state index in [1.807, 2.05) is 13.0 Å². The van der Waals surface area contributed by atoms with Crippen molar-refractivity contribution in [1.29, 1.82) is 0 Å². The minimum atomic E-state index is -0.914. The van der Waals surface area contributed by atoms with Gasteiger partial charge < -0.3 is 24.2 Å². The predicted molar refractivity (Wildman–Crippen MR) is 129 cm³/mol. The van der Waals surface area contributed by atoms with Gasteiger partial charge in [0.25, 0.3) is 11.7 Å². The molecule has 1 aliphatic heterocycles. The fraction of sp³-hybridized carbons (Fsp3) is 0.222. The number of pyridine rings is 1. The molecule has 1 fully saturated rings. The fourth-order valence-electron chi connectivity index (χ4n) is 4.29. The molecule has 1 N–H and O–H groups in total. The van der Waals surface area contributed by atoms with Crippen LogP contribution in [-0.2, 0) is 16.1 Å². The monoisotopic (exact) mass is 474 g/mol. The first-order chi connectivity index (χ1) is 16.9. The van der Waals surface area contributed by atoms with Crippen molar-refractivity contribution in [3.8, 4) is 17.2 Å². The Kier molecular flexibility index (Phi) is 6.73. The van der Waals surface area contributed by atoms with Crippen molar-refractivity contribution in [2.75, 3.05) is 21.3 Å². The van der Waals surface area contributed by atoms with Crippen molar-refractivity contribution in [2.24, 2.45) is 0 Å². The number of carbonyl (C=O) groups excluding carboxylic acids is 2. The average molecular weight is 475 g/mol. The number of methoxy groups -OCH3 is 3. The zero-order valence-electron chi connectivity index (χ0n) is 19.9. The Hall–Kier alpha value is -4.33. The molecule has 0 unspecified atom stereocenters. The number of ether oxygens (including phenoxy) is 3. The van der Waals surface area contributed by atoms with Crippen LogP contribution in [0.3, 0.4) is 0 Å². The second-order valence-corrected chi connectivity index (χ2v) is 8.08. The molecule has 180 valence electrons. The number of aryl methyl sites for hydroxylation is 1. The van der Waals surface area contributed by atoms with Crippen LogP contribution in [0, 0.1) is 6.92 Å². The first-order valence-electron chi connectivity index (χ1n) is 10.9. The molecule has 8 heteroatoms. The third kappa shape index (κ3) is 4.42. The van der Waals surface area contributed by atoms with Gasteiger partial charge in [-0.15, -0.1) is 0 Å². The molecule has 0 aliphatic carbocycles. The van der Waals surface area contributed by atoms with Gasteiger partial charge in [0.1, 0.15) is 23.0 Å². The normalized spacial score (nSPS) is 16.9. The van der Waals surface area contributed by atoms with Crippen LogP contribution in [0.2, 0.25) is 0 Å². The SMILES string of the molecule is COc1ccc(OC)c([C@H]2C(=C(O)c3ccc(OC)c(C)c3)C(=O)C(=O)N2Cc2cccnc2)c1. The van der Waals surface area contributed by atoms with E-state index in [1.54, 1.807) is 62.0 Å². The summed E-state index contributed by atoms with van der Waals surface area (Å²) in [7, 11) is 4.59. The van der Waals surface area contributed by atoms with Gasteiger partial charge in [0.05, 0.1) is 32.9 Å². The topological polar surface area (TPSA) is 98.2 Å². The molecule has 4 rings (SSSR count). The maximum atomic E-state index is 13.3. The third-order valence-corrected chi connectivity index (χ3v) is 6.02. The summed E-state index contributed by atoms with van der Waals surface area (Å²) in [6.07, 6.45) is 3.26. The quantitative estimate of drug-likeness (QED) is 0.314. The lowest BCUT2D eigenvalue weighted by atomic mass is 9.93. The van der Waals surface area contributed by atoms with Crippen molar-refractivity contribution in [1.82, 2.24) is 9.88 Å². The van der Waals surface area contributed by atoms with Crippen LogP contribution >= 0.6 is 0 Å². The Balaban J connectivity index is 1.94. The van der Waals surface area contributed by atoms with Crippen molar-refractivity contribution >= 4 is 17.4 Å². The molecule has 1 saturated heterocycles. The number of Topliss-reactive ketones (excluding diaryl/α,β-unsaturated/α-hetero) is 1. The van der Waals surface area contributed by atoms with Gasteiger partial charge >= 0.3 is 0 Å². The van der Waals surface area contributed by atoms with E-state index >= 15 is 0 Å². The highest BCUT2D eigenvalue weighted by Gasteiger charge is 2.47. The molecule has 1 aliphatic rings. The van der Waals surface area contributed by atoms with E-state index in [9.17, 15) is 14.7 Å². The van der Waals surface area contributed by atoms with Crippen molar-refractivity contribution in [2.45, 2.75) is 19.5 Å². The second kappa shape index (κ2) is 9.89. The molecule has 3 aromatic rings. The number of ketones is 1. The summed E-state index contributed by atoms with van der Waals surface area (Å²) in [5.74, 6) is -0.175. The Bertz CT molecular complexity index is 1300. The fourth-order valence-corrected chi connectivity index (χ4v) is 4.29. The largest absolute Gasteiger partial charge is 0.507 e. The summed E-state index contributed by atoms with van der Waals surface area (Å²) >= 11 is 0. The lowest BCUT2D eigenvalue weighted by molar-refractivity contribution is -0.140. The van der Waals surface area contributed by atoms with Crippen LogP contribution in [-0.4, -0.2) is 48.0 Å². The van der Waals surface area contributed by atoms with Gasteiger partial charge in [0.15, 0.2) is 0 Å². The lowest BCUT2D eigenvalue weighted by Crippen LogP contribution is -2.29. The highest BCUT2D eigenvalue weighted by atomic mass is 16.5. The molecule has 2 aromatic carbocycles. The lowest BCUT2D eigenvalue weighted by Gasteiger charge is -2.27. The number of aliphatic hydroxyl groups excluding tert-OH is 1. The van der Waals surface area contributed by atoms with Crippen LogP contribution in [0.5, 0.6) is 17.2 Å². The second-order valence-electron chi connectivity index (χ2n) is 8.08. The molecule has 1 aromatic heterocycles. The van der Waals surface area contributed by atoms with E-state index < -0.39 is 17.7 Å². The number of aromatic nitrogens is 1. The van der Waals surface area contributed by atoms with E-state index in [0.29, 0.717) is 28.4 Å². The Morgan fingerprint density at radius 2 is 1.74 bits per heavy atom. The number of amides is 1. The summed E-state index contributed by atoms with van der Waals surface area (Å²) in [5, 5.41) is 11.4. The molecule has 0 saturated carbocycles. The number of nitrogens with zero attached hydrogens (tertiary/aromatic N) is 2. The van der Waals surface area contributed by atoms with Crippen molar-refractivity contribution < 1.29 is 28.9 Å². The number of carbonyl (C=O) groups is 2. The molecule has 0 bridgehead atoms. The minimum Gasteiger partial charge on any atom is -0.507 e. The number of hydrogen-bond donors (Lipinski definition) is 1. The van der Waals surface area contributed by atoms with Gasteiger partial charge in [0, 0.05) is 30.1 Å². The number of benzene rings is 2. The Morgan fingerprint density at radius 1 is 1.00 bits per heavy atom. The average Bonchev–Trinajstić information content (AvgIpc) is 3.13.